The number of fused-ring (bicyclic) bond motifs is 1. The van der Waals surface area contributed by atoms with Crippen molar-refractivity contribution in [2.45, 2.75) is 33.2 Å². The molecule has 0 aliphatic carbocycles. The van der Waals surface area contributed by atoms with E-state index < -0.39 is 12.1 Å². The van der Waals surface area contributed by atoms with Crippen LogP contribution in [0.15, 0.2) is 22.6 Å². The molecule has 1 aromatic heterocycles. The van der Waals surface area contributed by atoms with Crippen molar-refractivity contribution in [2.75, 3.05) is 5.32 Å². The molecule has 3 amide bonds. The number of rotatable bonds is 5. The van der Waals surface area contributed by atoms with Crippen LogP contribution in [0, 0.1) is 12.8 Å². The van der Waals surface area contributed by atoms with Crippen molar-refractivity contribution in [3.8, 4) is 0 Å². The lowest BCUT2D eigenvalue weighted by Gasteiger charge is -2.22. The molecule has 7 nitrogen and oxygen atoms in total. The van der Waals surface area contributed by atoms with E-state index in [2.05, 4.69) is 15.6 Å². The summed E-state index contributed by atoms with van der Waals surface area (Å²) in [6.45, 7) is 5.58. The Morgan fingerprint density at radius 1 is 1.41 bits per heavy atom. The highest BCUT2D eigenvalue weighted by molar-refractivity contribution is 5.98. The third kappa shape index (κ3) is 3.55. The SMILES string of the molecule is CC[C@H](C)[C@@H](NC(N)=O)C(=O)Nc1ccc2oc(C)nc2c1. The van der Waals surface area contributed by atoms with Gasteiger partial charge in [-0.3, -0.25) is 4.79 Å². The molecule has 0 aliphatic heterocycles. The fourth-order valence-electron chi connectivity index (χ4n) is 2.20. The molecule has 7 heteroatoms. The fourth-order valence-corrected chi connectivity index (χ4v) is 2.20. The third-order valence-corrected chi connectivity index (χ3v) is 3.56. The average Bonchev–Trinajstić information content (AvgIpc) is 2.83. The Labute approximate surface area is 128 Å². The van der Waals surface area contributed by atoms with Gasteiger partial charge in [0, 0.05) is 12.6 Å². The van der Waals surface area contributed by atoms with E-state index in [0.717, 1.165) is 6.42 Å². The molecule has 0 aliphatic rings. The number of amides is 3. The second-order valence-electron chi connectivity index (χ2n) is 5.28. The van der Waals surface area contributed by atoms with Crippen LogP contribution in [0.4, 0.5) is 10.5 Å². The first-order valence-electron chi connectivity index (χ1n) is 7.14. The first kappa shape index (κ1) is 15.8. The molecular formula is C15H20N4O3. The van der Waals surface area contributed by atoms with Crippen molar-refractivity contribution in [1.29, 1.82) is 0 Å². The van der Waals surface area contributed by atoms with Gasteiger partial charge in [-0.15, -0.1) is 0 Å². The molecule has 0 bridgehead atoms. The van der Waals surface area contributed by atoms with Gasteiger partial charge in [0.05, 0.1) is 0 Å². The lowest BCUT2D eigenvalue weighted by Crippen LogP contribution is -2.49. The quantitative estimate of drug-likeness (QED) is 0.786. The van der Waals surface area contributed by atoms with Crippen LogP contribution >= 0.6 is 0 Å². The number of carbonyl (C=O) groups excluding carboxylic acids is 2. The molecule has 2 atom stereocenters. The molecule has 1 aromatic carbocycles. The lowest BCUT2D eigenvalue weighted by atomic mass is 9.98. The van der Waals surface area contributed by atoms with Crippen molar-refractivity contribution in [3.05, 3.63) is 24.1 Å². The largest absolute Gasteiger partial charge is 0.441 e. The van der Waals surface area contributed by atoms with Crippen LogP contribution in [0.3, 0.4) is 0 Å². The molecule has 4 N–H and O–H groups in total. The van der Waals surface area contributed by atoms with Gasteiger partial charge in [-0.05, 0) is 24.1 Å². The Morgan fingerprint density at radius 3 is 2.77 bits per heavy atom. The Kier molecular flexibility index (Phi) is 4.65. The van der Waals surface area contributed by atoms with Crippen LogP contribution in [0.25, 0.3) is 11.1 Å². The summed E-state index contributed by atoms with van der Waals surface area (Å²) in [7, 11) is 0. The van der Waals surface area contributed by atoms with E-state index in [1.165, 1.54) is 0 Å². The highest BCUT2D eigenvalue weighted by Crippen LogP contribution is 2.20. The third-order valence-electron chi connectivity index (χ3n) is 3.56. The molecule has 2 aromatic rings. The Hall–Kier alpha value is -2.57. The van der Waals surface area contributed by atoms with E-state index in [0.29, 0.717) is 22.7 Å². The summed E-state index contributed by atoms with van der Waals surface area (Å²) in [4.78, 5) is 27.7. The van der Waals surface area contributed by atoms with E-state index in [9.17, 15) is 9.59 Å². The molecule has 2 rings (SSSR count). The number of anilines is 1. The zero-order valence-corrected chi connectivity index (χ0v) is 12.8. The zero-order chi connectivity index (χ0) is 16.3. The molecule has 22 heavy (non-hydrogen) atoms. The van der Waals surface area contributed by atoms with Gasteiger partial charge < -0.3 is 20.8 Å². The van der Waals surface area contributed by atoms with Crippen LogP contribution in [-0.2, 0) is 4.79 Å². The summed E-state index contributed by atoms with van der Waals surface area (Å²) >= 11 is 0. The number of nitrogens with zero attached hydrogens (tertiary/aromatic N) is 1. The number of aryl methyl sites for hydroxylation is 1. The number of hydrogen-bond acceptors (Lipinski definition) is 4. The summed E-state index contributed by atoms with van der Waals surface area (Å²) in [5.74, 6) is 0.213. The van der Waals surface area contributed by atoms with E-state index in [1.54, 1.807) is 25.1 Å². The van der Waals surface area contributed by atoms with E-state index in [4.69, 9.17) is 10.2 Å². The number of hydrogen-bond donors (Lipinski definition) is 3. The Morgan fingerprint density at radius 2 is 2.14 bits per heavy atom. The van der Waals surface area contributed by atoms with E-state index >= 15 is 0 Å². The summed E-state index contributed by atoms with van der Waals surface area (Å²) in [6.07, 6.45) is 0.736. The highest BCUT2D eigenvalue weighted by atomic mass is 16.3. The monoisotopic (exact) mass is 304 g/mol. The predicted molar refractivity (Wildman–Crippen MR) is 83.3 cm³/mol. The molecule has 0 spiro atoms. The molecule has 118 valence electrons. The summed E-state index contributed by atoms with van der Waals surface area (Å²) in [5.41, 5.74) is 7.05. The Bertz CT molecular complexity index is 695. The first-order valence-corrected chi connectivity index (χ1v) is 7.14. The summed E-state index contributed by atoms with van der Waals surface area (Å²) in [6, 6.07) is 3.79. The van der Waals surface area contributed by atoms with Gasteiger partial charge in [0.1, 0.15) is 11.6 Å². The van der Waals surface area contributed by atoms with Crippen LogP contribution in [0.2, 0.25) is 0 Å². The maximum Gasteiger partial charge on any atom is 0.312 e. The standard InChI is InChI=1S/C15H20N4O3/c1-4-8(2)13(19-15(16)21)14(20)18-10-5-6-12-11(7-10)17-9(3)22-12/h5-8,13H,4H2,1-3H3,(H,18,20)(H3,16,19,21)/t8-,13+/m0/s1. The maximum absolute atomic E-state index is 12.4. The number of nitrogens with two attached hydrogens (primary N) is 1. The van der Waals surface area contributed by atoms with E-state index in [1.807, 2.05) is 13.8 Å². The van der Waals surface area contributed by atoms with Crippen LogP contribution in [-0.4, -0.2) is 23.0 Å². The minimum Gasteiger partial charge on any atom is -0.441 e. The molecule has 0 fully saturated rings. The number of urea groups is 1. The maximum atomic E-state index is 12.4. The minimum absolute atomic E-state index is 0.0366. The van der Waals surface area contributed by atoms with Gasteiger partial charge in [-0.25, -0.2) is 9.78 Å². The molecular weight excluding hydrogens is 284 g/mol. The second kappa shape index (κ2) is 6.46. The number of carbonyl (C=O) groups is 2. The normalized spacial score (nSPS) is 13.6. The van der Waals surface area contributed by atoms with Gasteiger partial charge in [-0.1, -0.05) is 20.3 Å². The van der Waals surface area contributed by atoms with E-state index in [-0.39, 0.29) is 11.8 Å². The molecule has 0 unspecified atom stereocenters. The van der Waals surface area contributed by atoms with Crippen molar-refractivity contribution in [3.63, 3.8) is 0 Å². The van der Waals surface area contributed by atoms with Crippen molar-refractivity contribution in [1.82, 2.24) is 10.3 Å². The minimum atomic E-state index is -0.719. The summed E-state index contributed by atoms with van der Waals surface area (Å²) in [5, 5.41) is 5.26. The molecule has 0 saturated carbocycles. The molecule has 1 heterocycles. The smallest absolute Gasteiger partial charge is 0.312 e. The molecule has 0 saturated heterocycles. The summed E-state index contributed by atoms with van der Waals surface area (Å²) < 4.78 is 5.39. The zero-order valence-electron chi connectivity index (χ0n) is 12.8. The Balaban J connectivity index is 2.17. The van der Waals surface area contributed by atoms with Crippen LogP contribution < -0.4 is 16.4 Å². The molecule has 0 radical (unpaired) electrons. The van der Waals surface area contributed by atoms with Crippen molar-refractivity contribution < 1.29 is 14.0 Å². The highest BCUT2D eigenvalue weighted by Gasteiger charge is 2.25. The van der Waals surface area contributed by atoms with Gasteiger partial charge in [0.2, 0.25) is 5.91 Å². The topological polar surface area (TPSA) is 110 Å². The average molecular weight is 304 g/mol. The fraction of sp³-hybridized carbons (Fsp3) is 0.400. The number of primary amides is 1. The van der Waals surface area contributed by atoms with Gasteiger partial charge in [0.15, 0.2) is 11.5 Å². The number of benzene rings is 1. The van der Waals surface area contributed by atoms with Crippen molar-refractivity contribution in [2.24, 2.45) is 11.7 Å². The second-order valence-corrected chi connectivity index (χ2v) is 5.28. The predicted octanol–water partition coefficient (Wildman–Crippen LogP) is 2.16. The van der Waals surface area contributed by atoms with Crippen molar-refractivity contribution >= 4 is 28.7 Å². The van der Waals surface area contributed by atoms with Crippen LogP contribution in [0.5, 0.6) is 0 Å². The van der Waals surface area contributed by atoms with Crippen LogP contribution in [0.1, 0.15) is 26.2 Å². The van der Waals surface area contributed by atoms with Gasteiger partial charge in [-0.2, -0.15) is 0 Å². The first-order chi connectivity index (χ1) is 10.4. The number of aromatic nitrogens is 1. The number of oxazole rings is 1. The lowest BCUT2D eigenvalue weighted by molar-refractivity contribution is -0.119. The van der Waals surface area contributed by atoms with Gasteiger partial charge >= 0.3 is 6.03 Å². The van der Waals surface area contributed by atoms with Gasteiger partial charge in [0.25, 0.3) is 0 Å². The number of nitrogens with one attached hydrogen (secondary N) is 2.